The Labute approximate surface area is 110 Å². The van der Waals surface area contributed by atoms with E-state index in [1.807, 2.05) is 0 Å². The number of alkyl halides is 1. The second-order valence-corrected chi connectivity index (χ2v) is 13.9. The zero-order valence-electron chi connectivity index (χ0n) is 8.66. The zero-order chi connectivity index (χ0) is 12.1. The van der Waals surface area contributed by atoms with Crippen molar-refractivity contribution in [2.75, 3.05) is 6.61 Å². The summed E-state index contributed by atoms with van der Waals surface area (Å²) in [5.74, 6) is -0.421. The van der Waals surface area contributed by atoms with Crippen LogP contribution in [0.1, 0.15) is 26.7 Å². The van der Waals surface area contributed by atoms with Gasteiger partial charge in [-0.05, 0) is 32.7 Å². The minimum absolute atomic E-state index is 0.324. The maximum Gasteiger partial charge on any atom is 0.341 e. The van der Waals surface area contributed by atoms with Crippen molar-refractivity contribution < 1.29 is 9.53 Å². The Morgan fingerprint density at radius 2 is 1.80 bits per heavy atom. The molecule has 0 atom stereocenters. The third-order valence-electron chi connectivity index (χ3n) is 1.57. The highest BCUT2D eigenvalue weighted by atomic mass is 35.8. The molecule has 0 heterocycles. The monoisotopic (exact) mass is 310 g/mol. The summed E-state index contributed by atoms with van der Waals surface area (Å²) in [4.78, 5) is 10.2. The van der Waals surface area contributed by atoms with Crippen LogP contribution < -0.4 is 0 Å². The van der Waals surface area contributed by atoms with Gasteiger partial charge in [-0.25, -0.2) is 0 Å². The fraction of sp³-hybridized carbons (Fsp3) is 0.875. The molecule has 0 aromatic carbocycles. The van der Waals surface area contributed by atoms with Crippen molar-refractivity contribution in [3.63, 3.8) is 0 Å². The SMILES string of the molecule is CC(C)(Cl)C(=O)OCCCC[Si](Cl)(Cl)Cl. The van der Waals surface area contributed by atoms with E-state index in [9.17, 15) is 4.79 Å². The molecule has 0 bridgehead atoms. The molecule has 0 aromatic heterocycles. The molecule has 0 aliphatic heterocycles. The second kappa shape index (κ2) is 6.55. The third-order valence-corrected chi connectivity index (χ3v) is 4.35. The molecule has 0 fully saturated rings. The molecule has 0 radical (unpaired) electrons. The normalized spacial score (nSPS) is 12.7. The van der Waals surface area contributed by atoms with Crippen molar-refractivity contribution in [2.24, 2.45) is 0 Å². The number of carbonyl (C=O) groups is 1. The molecule has 7 heteroatoms. The molecule has 0 N–H and O–H groups in total. The van der Waals surface area contributed by atoms with Crippen LogP contribution in [0.5, 0.6) is 0 Å². The van der Waals surface area contributed by atoms with Crippen LogP contribution in [-0.4, -0.2) is 23.5 Å². The Morgan fingerprint density at radius 3 is 2.20 bits per heavy atom. The van der Waals surface area contributed by atoms with E-state index < -0.39 is 16.8 Å². The van der Waals surface area contributed by atoms with Crippen LogP contribution in [0.15, 0.2) is 0 Å². The van der Waals surface area contributed by atoms with E-state index in [4.69, 9.17) is 49.6 Å². The maximum absolute atomic E-state index is 11.2. The molecule has 0 aliphatic rings. The Balaban J connectivity index is 3.53. The van der Waals surface area contributed by atoms with Gasteiger partial charge in [0.05, 0.1) is 6.61 Å². The average molecular weight is 312 g/mol. The van der Waals surface area contributed by atoms with Gasteiger partial charge in [0, 0.05) is 0 Å². The van der Waals surface area contributed by atoms with Gasteiger partial charge in [-0.3, -0.25) is 4.79 Å². The number of ether oxygens (including phenoxy) is 1. The van der Waals surface area contributed by atoms with Gasteiger partial charge in [0.1, 0.15) is 4.87 Å². The highest BCUT2D eigenvalue weighted by Gasteiger charge is 2.26. The molecular weight excluding hydrogens is 298 g/mol. The minimum atomic E-state index is -2.52. The summed E-state index contributed by atoms with van der Waals surface area (Å²) in [6.07, 6.45) is 1.44. The van der Waals surface area contributed by atoms with E-state index in [-0.39, 0.29) is 0 Å². The largest absolute Gasteiger partial charge is 0.464 e. The molecule has 0 amide bonds. The van der Waals surface area contributed by atoms with Crippen LogP contribution in [0.2, 0.25) is 6.04 Å². The lowest BCUT2D eigenvalue weighted by molar-refractivity contribution is -0.146. The molecule has 0 aliphatic carbocycles. The third kappa shape index (κ3) is 9.76. The molecule has 0 saturated heterocycles. The second-order valence-electron chi connectivity index (χ2n) is 3.68. The van der Waals surface area contributed by atoms with Gasteiger partial charge in [-0.15, -0.1) is 44.8 Å². The number of unbranched alkanes of at least 4 members (excludes halogenated alkanes) is 1. The van der Waals surface area contributed by atoms with Gasteiger partial charge in [0.2, 0.25) is 0 Å². The van der Waals surface area contributed by atoms with Gasteiger partial charge in [-0.1, -0.05) is 0 Å². The van der Waals surface area contributed by atoms with Crippen LogP contribution >= 0.6 is 44.8 Å². The highest BCUT2D eigenvalue weighted by molar-refractivity contribution is 7.64. The number of halogens is 4. The first-order valence-corrected chi connectivity index (χ1v) is 10.2. The Bertz CT molecular complexity index is 210. The predicted molar refractivity (Wildman–Crippen MR) is 68.2 cm³/mol. The van der Waals surface area contributed by atoms with Crippen molar-refractivity contribution in [1.29, 1.82) is 0 Å². The van der Waals surface area contributed by atoms with Crippen molar-refractivity contribution in [3.05, 3.63) is 0 Å². The number of esters is 1. The minimum Gasteiger partial charge on any atom is -0.464 e. The summed E-state index contributed by atoms with van der Waals surface area (Å²) in [6.45, 7) is 3.50. The van der Waals surface area contributed by atoms with E-state index in [2.05, 4.69) is 0 Å². The summed E-state index contributed by atoms with van der Waals surface area (Å²) >= 11 is 22.8. The Hall–Kier alpha value is 0.847. The highest BCUT2D eigenvalue weighted by Crippen LogP contribution is 2.27. The Morgan fingerprint density at radius 1 is 1.27 bits per heavy atom. The average Bonchev–Trinajstić information content (AvgIpc) is 1.99. The molecule has 2 nitrogen and oxygen atoms in total. The summed E-state index contributed by atoms with van der Waals surface area (Å²) in [7, 11) is 0. The van der Waals surface area contributed by atoms with Crippen molar-refractivity contribution in [1.82, 2.24) is 0 Å². The van der Waals surface area contributed by atoms with Crippen molar-refractivity contribution in [2.45, 2.75) is 37.6 Å². The quantitative estimate of drug-likeness (QED) is 0.244. The summed E-state index contributed by atoms with van der Waals surface area (Å²) in [6, 6.07) is -1.94. The van der Waals surface area contributed by atoms with Gasteiger partial charge in [0.15, 0.2) is 0 Å². The predicted octanol–water partition coefficient (Wildman–Crippen LogP) is 3.98. The van der Waals surface area contributed by atoms with Crippen LogP contribution in [0.25, 0.3) is 0 Å². The molecule has 0 saturated carbocycles. The van der Waals surface area contributed by atoms with E-state index in [0.29, 0.717) is 19.1 Å². The van der Waals surface area contributed by atoms with Crippen LogP contribution in [0.4, 0.5) is 0 Å². The zero-order valence-corrected chi connectivity index (χ0v) is 12.7. The lowest BCUT2D eigenvalue weighted by atomic mass is 10.2. The molecule has 90 valence electrons. The fourth-order valence-electron chi connectivity index (χ4n) is 0.764. The fourth-order valence-corrected chi connectivity index (χ4v) is 2.67. The smallest absolute Gasteiger partial charge is 0.341 e. The summed E-state index contributed by atoms with van der Waals surface area (Å²) in [5, 5.41) is 0. The van der Waals surface area contributed by atoms with Gasteiger partial charge in [-0.2, -0.15) is 0 Å². The lowest BCUT2D eigenvalue weighted by Crippen LogP contribution is -2.27. The van der Waals surface area contributed by atoms with Crippen molar-refractivity contribution >= 4 is 56.8 Å². The van der Waals surface area contributed by atoms with Gasteiger partial charge >= 0.3 is 12.0 Å². The number of hydrogen-bond donors (Lipinski definition) is 0. The van der Waals surface area contributed by atoms with Crippen LogP contribution in [-0.2, 0) is 9.53 Å². The van der Waals surface area contributed by atoms with Crippen molar-refractivity contribution in [3.8, 4) is 0 Å². The lowest BCUT2D eigenvalue weighted by Gasteiger charge is -2.14. The number of hydrogen-bond acceptors (Lipinski definition) is 2. The van der Waals surface area contributed by atoms with Gasteiger partial charge < -0.3 is 4.74 Å². The first kappa shape index (κ1) is 15.8. The molecule has 0 unspecified atom stereocenters. The molecule has 0 spiro atoms. The van der Waals surface area contributed by atoms with E-state index in [0.717, 1.165) is 6.42 Å². The first-order valence-electron chi connectivity index (χ1n) is 4.56. The van der Waals surface area contributed by atoms with E-state index in [1.165, 1.54) is 0 Å². The standard InChI is InChI=1S/C8H14Cl4O2Si/c1-8(2,9)7(13)14-5-3-4-6-15(10,11)12/h3-6H2,1-2H3. The van der Waals surface area contributed by atoms with E-state index in [1.54, 1.807) is 13.8 Å². The maximum atomic E-state index is 11.2. The molecule has 0 rings (SSSR count). The molecule has 0 aromatic rings. The van der Waals surface area contributed by atoms with Crippen LogP contribution in [0.3, 0.4) is 0 Å². The van der Waals surface area contributed by atoms with Crippen LogP contribution in [0, 0.1) is 0 Å². The Kier molecular flexibility index (Phi) is 6.92. The van der Waals surface area contributed by atoms with Gasteiger partial charge in [0.25, 0.3) is 0 Å². The number of rotatable bonds is 6. The van der Waals surface area contributed by atoms with E-state index >= 15 is 0 Å². The molecule has 15 heavy (non-hydrogen) atoms. The summed E-state index contributed by atoms with van der Waals surface area (Å²) < 4.78 is 4.94. The topological polar surface area (TPSA) is 26.3 Å². The first-order chi connectivity index (χ1) is 6.63. The number of carbonyl (C=O) groups excluding carboxylic acids is 1. The summed E-state index contributed by atoms with van der Waals surface area (Å²) in [5.41, 5.74) is 0. The molecular formula is C8H14Cl4O2Si.